The summed E-state index contributed by atoms with van der Waals surface area (Å²) in [5, 5.41) is 5.56. The van der Waals surface area contributed by atoms with E-state index < -0.39 is 11.7 Å². The molecule has 0 fully saturated rings. The van der Waals surface area contributed by atoms with Crippen LogP contribution in [0.1, 0.15) is 26.3 Å². The van der Waals surface area contributed by atoms with E-state index in [-0.39, 0.29) is 22.2 Å². The fourth-order valence-electron chi connectivity index (χ4n) is 2.65. The Bertz CT molecular complexity index is 1070. The van der Waals surface area contributed by atoms with Crippen LogP contribution in [0.3, 0.4) is 0 Å². The van der Waals surface area contributed by atoms with Crippen LogP contribution in [-0.4, -0.2) is 18.9 Å². The van der Waals surface area contributed by atoms with Gasteiger partial charge in [-0.2, -0.15) is 0 Å². The molecule has 0 aliphatic heterocycles. The SMILES string of the molecule is COc1ccc(NC(=O)c2ccc(C)cc2)cc1NC(=O)c1ccc(Cl)cc1F. The molecule has 0 radical (unpaired) electrons. The Hall–Kier alpha value is -3.38. The fraction of sp³-hybridized carbons (Fsp3) is 0.0909. The molecule has 0 saturated heterocycles. The van der Waals surface area contributed by atoms with Crippen molar-refractivity contribution in [1.29, 1.82) is 0 Å². The van der Waals surface area contributed by atoms with Gasteiger partial charge in [0.1, 0.15) is 11.6 Å². The zero-order valence-electron chi connectivity index (χ0n) is 15.8. The second-order valence-corrected chi connectivity index (χ2v) is 6.75. The molecule has 2 amide bonds. The van der Waals surface area contributed by atoms with Gasteiger partial charge < -0.3 is 15.4 Å². The van der Waals surface area contributed by atoms with Crippen LogP contribution in [0.5, 0.6) is 5.75 Å². The summed E-state index contributed by atoms with van der Waals surface area (Å²) in [5.41, 5.74) is 2.12. The first-order chi connectivity index (χ1) is 13.9. The predicted molar refractivity (Wildman–Crippen MR) is 111 cm³/mol. The number of carbonyl (C=O) groups is 2. The molecule has 0 unspecified atom stereocenters. The molecule has 0 atom stereocenters. The molecule has 2 N–H and O–H groups in total. The van der Waals surface area contributed by atoms with Crippen LogP contribution in [0.15, 0.2) is 60.7 Å². The summed E-state index contributed by atoms with van der Waals surface area (Å²) in [4.78, 5) is 24.9. The zero-order chi connectivity index (χ0) is 21.0. The molecule has 3 rings (SSSR count). The Balaban J connectivity index is 1.82. The van der Waals surface area contributed by atoms with Crippen molar-refractivity contribution in [3.63, 3.8) is 0 Å². The van der Waals surface area contributed by atoms with Crippen molar-refractivity contribution in [3.8, 4) is 5.75 Å². The molecule has 0 aliphatic carbocycles. The third kappa shape index (κ3) is 4.92. The van der Waals surface area contributed by atoms with Gasteiger partial charge in [0, 0.05) is 16.3 Å². The van der Waals surface area contributed by atoms with E-state index in [4.69, 9.17) is 16.3 Å². The van der Waals surface area contributed by atoms with Crippen molar-refractivity contribution in [2.24, 2.45) is 0 Å². The number of hydrogen-bond acceptors (Lipinski definition) is 3. The molecule has 3 aromatic rings. The van der Waals surface area contributed by atoms with E-state index in [1.807, 2.05) is 19.1 Å². The zero-order valence-corrected chi connectivity index (χ0v) is 16.5. The molecule has 7 heteroatoms. The molecular formula is C22H18ClFN2O3. The molecule has 0 saturated carbocycles. The maximum atomic E-state index is 14.0. The summed E-state index contributed by atoms with van der Waals surface area (Å²) in [5.74, 6) is -1.34. The van der Waals surface area contributed by atoms with E-state index in [1.165, 1.54) is 25.3 Å². The molecule has 5 nitrogen and oxygen atoms in total. The number of anilines is 2. The number of halogens is 2. The number of carbonyl (C=O) groups excluding carboxylic acids is 2. The Kier molecular flexibility index (Phi) is 6.14. The number of hydrogen-bond donors (Lipinski definition) is 2. The third-order valence-electron chi connectivity index (χ3n) is 4.20. The first kappa shape index (κ1) is 20.4. The lowest BCUT2D eigenvalue weighted by Crippen LogP contribution is -2.15. The lowest BCUT2D eigenvalue weighted by atomic mass is 10.1. The average molecular weight is 413 g/mol. The highest BCUT2D eigenvalue weighted by atomic mass is 35.5. The molecule has 0 bridgehead atoms. The van der Waals surface area contributed by atoms with Gasteiger partial charge in [0.05, 0.1) is 18.4 Å². The van der Waals surface area contributed by atoms with Gasteiger partial charge in [0.2, 0.25) is 0 Å². The lowest BCUT2D eigenvalue weighted by molar-refractivity contribution is 0.101. The predicted octanol–water partition coefficient (Wildman–Crippen LogP) is 5.30. The van der Waals surface area contributed by atoms with Crippen LogP contribution in [-0.2, 0) is 0 Å². The van der Waals surface area contributed by atoms with Gasteiger partial charge in [0.25, 0.3) is 11.8 Å². The van der Waals surface area contributed by atoms with Gasteiger partial charge in [-0.25, -0.2) is 4.39 Å². The number of nitrogens with one attached hydrogen (secondary N) is 2. The lowest BCUT2D eigenvalue weighted by Gasteiger charge is -2.13. The van der Waals surface area contributed by atoms with Crippen LogP contribution in [0, 0.1) is 12.7 Å². The topological polar surface area (TPSA) is 67.4 Å². The Labute approximate surface area is 172 Å². The van der Waals surface area contributed by atoms with Gasteiger partial charge in [0.15, 0.2) is 0 Å². The first-order valence-corrected chi connectivity index (χ1v) is 9.07. The molecule has 148 valence electrons. The standard InChI is InChI=1S/C22H18ClFN2O3/c1-13-3-5-14(6-4-13)21(27)25-16-8-10-20(29-2)19(12-16)26-22(28)17-9-7-15(23)11-18(17)24/h3-12H,1-2H3,(H,25,27)(H,26,28). The molecule has 0 heterocycles. The summed E-state index contributed by atoms with van der Waals surface area (Å²) in [6.45, 7) is 1.93. The maximum absolute atomic E-state index is 14.0. The number of ether oxygens (including phenoxy) is 1. The van der Waals surface area contributed by atoms with Crippen LogP contribution >= 0.6 is 11.6 Å². The molecular weight excluding hydrogens is 395 g/mol. The van der Waals surface area contributed by atoms with Gasteiger partial charge >= 0.3 is 0 Å². The second-order valence-electron chi connectivity index (χ2n) is 6.31. The minimum absolute atomic E-state index is 0.162. The van der Waals surface area contributed by atoms with Crippen LogP contribution < -0.4 is 15.4 Å². The molecule has 29 heavy (non-hydrogen) atoms. The minimum atomic E-state index is -0.738. The summed E-state index contributed by atoms with van der Waals surface area (Å²) < 4.78 is 19.3. The number of rotatable bonds is 5. The summed E-state index contributed by atoms with van der Waals surface area (Å²) in [6.07, 6.45) is 0. The van der Waals surface area contributed by atoms with Crippen molar-refractivity contribution >= 4 is 34.8 Å². The van der Waals surface area contributed by atoms with Crippen LogP contribution in [0.25, 0.3) is 0 Å². The number of methoxy groups -OCH3 is 1. The highest BCUT2D eigenvalue weighted by molar-refractivity contribution is 6.30. The monoisotopic (exact) mass is 412 g/mol. The fourth-order valence-corrected chi connectivity index (χ4v) is 2.81. The highest BCUT2D eigenvalue weighted by Crippen LogP contribution is 2.29. The molecule has 0 aliphatic rings. The number of amides is 2. The van der Waals surface area contributed by atoms with Crippen molar-refractivity contribution < 1.29 is 18.7 Å². The Morgan fingerprint density at radius 1 is 0.931 bits per heavy atom. The van der Waals surface area contributed by atoms with Crippen molar-refractivity contribution in [3.05, 3.63) is 88.2 Å². The maximum Gasteiger partial charge on any atom is 0.258 e. The van der Waals surface area contributed by atoms with E-state index in [9.17, 15) is 14.0 Å². The van der Waals surface area contributed by atoms with Crippen LogP contribution in [0.2, 0.25) is 5.02 Å². The van der Waals surface area contributed by atoms with Gasteiger partial charge in [-0.1, -0.05) is 29.3 Å². The van der Waals surface area contributed by atoms with Crippen molar-refractivity contribution in [2.45, 2.75) is 6.92 Å². The van der Waals surface area contributed by atoms with E-state index in [0.717, 1.165) is 11.6 Å². The van der Waals surface area contributed by atoms with Crippen molar-refractivity contribution in [1.82, 2.24) is 0 Å². The van der Waals surface area contributed by atoms with Gasteiger partial charge in [-0.3, -0.25) is 9.59 Å². The second kappa shape index (κ2) is 8.75. The number of aryl methyl sites for hydroxylation is 1. The van der Waals surface area contributed by atoms with Gasteiger partial charge in [-0.15, -0.1) is 0 Å². The van der Waals surface area contributed by atoms with Crippen molar-refractivity contribution in [2.75, 3.05) is 17.7 Å². The van der Waals surface area contributed by atoms with E-state index >= 15 is 0 Å². The third-order valence-corrected chi connectivity index (χ3v) is 4.43. The molecule has 3 aromatic carbocycles. The Morgan fingerprint density at radius 3 is 2.31 bits per heavy atom. The van der Waals surface area contributed by atoms with E-state index in [0.29, 0.717) is 17.0 Å². The number of benzene rings is 3. The van der Waals surface area contributed by atoms with Crippen LogP contribution in [0.4, 0.5) is 15.8 Å². The minimum Gasteiger partial charge on any atom is -0.495 e. The Morgan fingerprint density at radius 2 is 1.66 bits per heavy atom. The smallest absolute Gasteiger partial charge is 0.258 e. The molecule has 0 spiro atoms. The summed E-state index contributed by atoms with van der Waals surface area (Å²) in [6, 6.07) is 15.7. The first-order valence-electron chi connectivity index (χ1n) is 8.70. The van der Waals surface area contributed by atoms with E-state index in [2.05, 4.69) is 10.6 Å². The largest absolute Gasteiger partial charge is 0.495 e. The molecule has 0 aromatic heterocycles. The summed E-state index contributed by atoms with van der Waals surface area (Å²) >= 11 is 5.73. The van der Waals surface area contributed by atoms with Gasteiger partial charge in [-0.05, 0) is 55.5 Å². The average Bonchev–Trinajstić information content (AvgIpc) is 2.68. The van der Waals surface area contributed by atoms with E-state index in [1.54, 1.807) is 24.3 Å². The quantitative estimate of drug-likeness (QED) is 0.597. The summed E-state index contributed by atoms with van der Waals surface area (Å²) in [7, 11) is 1.44. The normalized spacial score (nSPS) is 10.3. The highest BCUT2D eigenvalue weighted by Gasteiger charge is 2.15.